The van der Waals surface area contributed by atoms with E-state index in [1.165, 1.54) is 11.1 Å². The van der Waals surface area contributed by atoms with E-state index in [9.17, 15) is 4.79 Å². The Morgan fingerprint density at radius 3 is 2.78 bits per heavy atom. The minimum absolute atomic E-state index is 0.113. The van der Waals surface area contributed by atoms with Crippen LogP contribution in [0.4, 0.5) is 0 Å². The first kappa shape index (κ1) is 19.5. The number of carbonyl (C=O) groups is 1. The van der Waals surface area contributed by atoms with Crippen LogP contribution in [0.5, 0.6) is 0 Å². The van der Waals surface area contributed by atoms with Gasteiger partial charge >= 0.3 is 0 Å². The molecule has 6 heteroatoms. The highest BCUT2D eigenvalue weighted by atomic mass is 16.5. The number of carbonyl (C=O) groups excluding carboxylic acids is 1. The predicted octanol–water partition coefficient (Wildman–Crippen LogP) is 2.46. The van der Waals surface area contributed by atoms with Crippen LogP contribution in [0, 0.1) is 13.8 Å². The Labute approximate surface area is 161 Å². The van der Waals surface area contributed by atoms with Crippen LogP contribution in [0.3, 0.4) is 0 Å². The smallest absolute Gasteiger partial charge is 0.254 e. The van der Waals surface area contributed by atoms with Crippen LogP contribution in [0.2, 0.25) is 0 Å². The lowest BCUT2D eigenvalue weighted by Gasteiger charge is -2.35. The van der Waals surface area contributed by atoms with Gasteiger partial charge in [-0.15, -0.1) is 0 Å². The molecule has 2 heterocycles. The summed E-state index contributed by atoms with van der Waals surface area (Å²) in [6.45, 7) is 9.65. The fraction of sp³-hybridized carbons (Fsp3) is 0.476. The van der Waals surface area contributed by atoms with Crippen molar-refractivity contribution in [3.63, 3.8) is 0 Å². The first-order valence-electron chi connectivity index (χ1n) is 9.57. The molecule has 1 atom stereocenters. The van der Waals surface area contributed by atoms with Gasteiger partial charge in [0, 0.05) is 25.8 Å². The topological polar surface area (TPSA) is 67.4 Å². The van der Waals surface area contributed by atoms with Crippen molar-refractivity contribution in [1.29, 1.82) is 0 Å². The van der Waals surface area contributed by atoms with Gasteiger partial charge in [0.25, 0.3) is 5.91 Å². The molecule has 1 saturated heterocycles. The number of amides is 1. The molecule has 0 aliphatic carbocycles. The fourth-order valence-electron chi connectivity index (χ4n) is 3.48. The van der Waals surface area contributed by atoms with Gasteiger partial charge in [-0.2, -0.15) is 0 Å². The molecule has 2 aromatic rings. The lowest BCUT2D eigenvalue weighted by Crippen LogP contribution is -2.44. The number of rotatable bonds is 6. The average molecular weight is 368 g/mol. The third-order valence-electron chi connectivity index (χ3n) is 4.94. The van der Waals surface area contributed by atoms with Gasteiger partial charge in [-0.25, -0.2) is 9.97 Å². The second kappa shape index (κ2) is 9.06. The summed E-state index contributed by atoms with van der Waals surface area (Å²) >= 11 is 0. The number of nitrogens with one attached hydrogen (secondary N) is 1. The summed E-state index contributed by atoms with van der Waals surface area (Å²) in [5.41, 5.74) is 3.79. The van der Waals surface area contributed by atoms with E-state index in [0.29, 0.717) is 24.4 Å². The summed E-state index contributed by atoms with van der Waals surface area (Å²) in [5.74, 6) is 0.576. The Balaban J connectivity index is 1.77. The van der Waals surface area contributed by atoms with E-state index in [4.69, 9.17) is 4.74 Å². The van der Waals surface area contributed by atoms with Crippen molar-refractivity contribution in [2.75, 3.05) is 32.8 Å². The fourth-order valence-corrected chi connectivity index (χ4v) is 3.48. The third-order valence-corrected chi connectivity index (χ3v) is 4.94. The van der Waals surface area contributed by atoms with E-state index < -0.39 is 0 Å². The Morgan fingerprint density at radius 2 is 2.07 bits per heavy atom. The SMILES string of the molecule is CCc1nc(C)ncc1C(=O)NCC(c1cccc(C)c1)N1CCOCC1. The number of aryl methyl sites for hydroxylation is 3. The average Bonchev–Trinajstić information content (AvgIpc) is 2.68. The highest BCUT2D eigenvalue weighted by molar-refractivity contribution is 5.95. The molecule has 1 aromatic heterocycles. The summed E-state index contributed by atoms with van der Waals surface area (Å²) in [5, 5.41) is 3.11. The number of nitrogens with zero attached hydrogens (tertiary/aromatic N) is 3. The normalized spacial score (nSPS) is 16.1. The van der Waals surface area contributed by atoms with E-state index >= 15 is 0 Å². The first-order chi connectivity index (χ1) is 13.1. The summed E-state index contributed by atoms with van der Waals surface area (Å²) in [6, 6.07) is 8.61. The molecule has 1 fully saturated rings. The largest absolute Gasteiger partial charge is 0.379 e. The summed E-state index contributed by atoms with van der Waals surface area (Å²) in [7, 11) is 0. The standard InChI is InChI=1S/C21H28N4O2/c1-4-19-18(13-22-16(3)24-19)21(26)23-14-20(25-8-10-27-11-9-25)17-7-5-6-15(2)12-17/h5-7,12-13,20H,4,8-11,14H2,1-3H3,(H,23,26). The number of ether oxygens (including phenoxy) is 1. The molecule has 1 amide bonds. The molecule has 0 bridgehead atoms. The van der Waals surface area contributed by atoms with Gasteiger partial charge in [0.2, 0.25) is 0 Å². The zero-order chi connectivity index (χ0) is 19.2. The number of aromatic nitrogens is 2. The van der Waals surface area contributed by atoms with Crippen molar-refractivity contribution in [1.82, 2.24) is 20.2 Å². The minimum Gasteiger partial charge on any atom is -0.379 e. The summed E-state index contributed by atoms with van der Waals surface area (Å²) in [6.07, 6.45) is 2.34. The maximum atomic E-state index is 12.8. The molecule has 0 radical (unpaired) electrons. The number of hydrogen-bond acceptors (Lipinski definition) is 5. The van der Waals surface area contributed by atoms with E-state index in [2.05, 4.69) is 51.4 Å². The van der Waals surface area contributed by atoms with Crippen LogP contribution in [-0.4, -0.2) is 53.6 Å². The van der Waals surface area contributed by atoms with Crippen molar-refractivity contribution in [3.8, 4) is 0 Å². The van der Waals surface area contributed by atoms with Gasteiger partial charge < -0.3 is 10.1 Å². The first-order valence-corrected chi connectivity index (χ1v) is 9.57. The molecular weight excluding hydrogens is 340 g/mol. The van der Waals surface area contributed by atoms with E-state index in [0.717, 1.165) is 32.0 Å². The molecule has 27 heavy (non-hydrogen) atoms. The molecule has 6 nitrogen and oxygen atoms in total. The molecule has 1 aliphatic heterocycles. The van der Waals surface area contributed by atoms with Crippen LogP contribution >= 0.6 is 0 Å². The van der Waals surface area contributed by atoms with Crippen LogP contribution in [0.15, 0.2) is 30.5 Å². The van der Waals surface area contributed by atoms with E-state index in [1.807, 2.05) is 13.8 Å². The van der Waals surface area contributed by atoms with Crippen LogP contribution in [0.1, 0.15) is 46.0 Å². The van der Waals surface area contributed by atoms with Gasteiger partial charge in [0.05, 0.1) is 30.5 Å². The second-order valence-electron chi connectivity index (χ2n) is 6.92. The third kappa shape index (κ3) is 4.90. The number of hydrogen-bond donors (Lipinski definition) is 1. The highest BCUT2D eigenvalue weighted by Crippen LogP contribution is 2.22. The van der Waals surface area contributed by atoms with Gasteiger partial charge in [-0.1, -0.05) is 36.8 Å². The monoisotopic (exact) mass is 368 g/mol. The lowest BCUT2D eigenvalue weighted by molar-refractivity contribution is 0.0162. The molecular formula is C21H28N4O2. The van der Waals surface area contributed by atoms with Gasteiger partial charge in [0.1, 0.15) is 5.82 Å². The molecule has 1 N–H and O–H groups in total. The zero-order valence-electron chi connectivity index (χ0n) is 16.4. The molecule has 0 spiro atoms. The van der Waals surface area contributed by atoms with Gasteiger partial charge in [-0.05, 0) is 25.8 Å². The quantitative estimate of drug-likeness (QED) is 0.848. The zero-order valence-corrected chi connectivity index (χ0v) is 16.4. The molecule has 144 valence electrons. The molecule has 1 aliphatic rings. The maximum Gasteiger partial charge on any atom is 0.254 e. The second-order valence-corrected chi connectivity index (χ2v) is 6.92. The molecule has 1 unspecified atom stereocenters. The van der Waals surface area contributed by atoms with Crippen LogP contribution < -0.4 is 5.32 Å². The van der Waals surface area contributed by atoms with Crippen molar-refractivity contribution in [2.24, 2.45) is 0 Å². The predicted molar refractivity (Wildman–Crippen MR) is 105 cm³/mol. The number of benzene rings is 1. The summed E-state index contributed by atoms with van der Waals surface area (Å²) in [4.78, 5) is 23.8. The maximum absolute atomic E-state index is 12.8. The molecule has 1 aromatic carbocycles. The van der Waals surface area contributed by atoms with Crippen LogP contribution in [-0.2, 0) is 11.2 Å². The Morgan fingerprint density at radius 1 is 1.30 bits per heavy atom. The Hall–Kier alpha value is -2.31. The van der Waals surface area contributed by atoms with Crippen LogP contribution in [0.25, 0.3) is 0 Å². The van der Waals surface area contributed by atoms with Crippen molar-refractivity contribution in [3.05, 3.63) is 58.7 Å². The van der Waals surface area contributed by atoms with E-state index in [1.54, 1.807) is 6.20 Å². The Kier molecular flexibility index (Phi) is 6.53. The number of morpholine rings is 1. The molecule has 0 saturated carbocycles. The van der Waals surface area contributed by atoms with Crippen molar-refractivity contribution in [2.45, 2.75) is 33.2 Å². The minimum atomic E-state index is -0.113. The van der Waals surface area contributed by atoms with Gasteiger partial charge in [0.15, 0.2) is 0 Å². The molecule has 3 rings (SSSR count). The Bertz CT molecular complexity index is 788. The van der Waals surface area contributed by atoms with E-state index in [-0.39, 0.29) is 11.9 Å². The van der Waals surface area contributed by atoms with Crippen molar-refractivity contribution < 1.29 is 9.53 Å². The highest BCUT2D eigenvalue weighted by Gasteiger charge is 2.24. The van der Waals surface area contributed by atoms with Crippen molar-refractivity contribution >= 4 is 5.91 Å². The summed E-state index contributed by atoms with van der Waals surface area (Å²) < 4.78 is 5.50. The lowest BCUT2D eigenvalue weighted by atomic mass is 10.0. The van der Waals surface area contributed by atoms with Gasteiger partial charge in [-0.3, -0.25) is 9.69 Å².